The van der Waals surface area contributed by atoms with E-state index in [4.69, 9.17) is 11.5 Å². The van der Waals surface area contributed by atoms with Crippen molar-refractivity contribution in [2.45, 2.75) is 19.4 Å². The third-order valence-electron chi connectivity index (χ3n) is 2.07. The minimum atomic E-state index is 0. The SMILES string of the molecule is C[C@H](N)CC#Cc1cnc2c(N)ccnn12.Cl.Cl.Cl. The molecule has 5 nitrogen and oxygen atoms in total. The van der Waals surface area contributed by atoms with Crippen LogP contribution in [-0.4, -0.2) is 20.6 Å². The van der Waals surface area contributed by atoms with Gasteiger partial charge in [0.25, 0.3) is 0 Å². The fourth-order valence-corrected chi connectivity index (χ4v) is 1.30. The van der Waals surface area contributed by atoms with Crippen LogP contribution in [0.5, 0.6) is 0 Å². The van der Waals surface area contributed by atoms with E-state index in [1.165, 1.54) is 0 Å². The van der Waals surface area contributed by atoms with Crippen molar-refractivity contribution in [1.82, 2.24) is 14.6 Å². The van der Waals surface area contributed by atoms with Crippen molar-refractivity contribution in [2.24, 2.45) is 5.73 Å². The van der Waals surface area contributed by atoms with Gasteiger partial charge in [-0.3, -0.25) is 0 Å². The number of nitrogens with two attached hydrogens (primary N) is 2. The third kappa shape index (κ3) is 4.77. The summed E-state index contributed by atoms with van der Waals surface area (Å²) in [5.74, 6) is 5.96. The summed E-state index contributed by atoms with van der Waals surface area (Å²) in [5, 5.41) is 4.14. The molecule has 2 aromatic heterocycles. The molecular formula is C11H16Cl3N5. The molecule has 1 atom stereocenters. The molecule has 0 aliphatic carbocycles. The number of rotatable bonds is 1. The summed E-state index contributed by atoms with van der Waals surface area (Å²) in [5.41, 5.74) is 13.3. The summed E-state index contributed by atoms with van der Waals surface area (Å²) in [7, 11) is 0. The largest absolute Gasteiger partial charge is 0.396 e. The summed E-state index contributed by atoms with van der Waals surface area (Å²) < 4.78 is 1.63. The van der Waals surface area contributed by atoms with E-state index >= 15 is 0 Å². The third-order valence-corrected chi connectivity index (χ3v) is 2.07. The van der Waals surface area contributed by atoms with E-state index in [0.717, 1.165) is 5.69 Å². The number of nitrogen functional groups attached to an aromatic ring is 1. The Morgan fingerprint density at radius 2 is 2.05 bits per heavy atom. The lowest BCUT2D eigenvalue weighted by molar-refractivity contribution is 0.770. The van der Waals surface area contributed by atoms with Crippen LogP contribution < -0.4 is 11.5 Å². The normalized spacial score (nSPS) is 10.2. The number of anilines is 1. The van der Waals surface area contributed by atoms with Crippen molar-refractivity contribution in [2.75, 3.05) is 5.73 Å². The molecule has 8 heteroatoms. The van der Waals surface area contributed by atoms with Crippen molar-refractivity contribution < 1.29 is 0 Å². The lowest BCUT2D eigenvalue weighted by atomic mass is 10.2. The highest BCUT2D eigenvalue weighted by atomic mass is 35.5. The van der Waals surface area contributed by atoms with E-state index in [-0.39, 0.29) is 43.3 Å². The highest BCUT2D eigenvalue weighted by molar-refractivity contribution is 5.86. The summed E-state index contributed by atoms with van der Waals surface area (Å²) in [6.07, 6.45) is 3.93. The second kappa shape index (κ2) is 8.83. The van der Waals surface area contributed by atoms with E-state index in [2.05, 4.69) is 21.9 Å². The van der Waals surface area contributed by atoms with Crippen LogP contribution in [0, 0.1) is 11.8 Å². The van der Waals surface area contributed by atoms with Gasteiger partial charge in [-0.05, 0) is 18.9 Å². The van der Waals surface area contributed by atoms with Crippen LogP contribution >= 0.6 is 37.2 Å². The Morgan fingerprint density at radius 3 is 2.68 bits per heavy atom. The molecule has 106 valence electrons. The zero-order valence-electron chi connectivity index (χ0n) is 10.2. The van der Waals surface area contributed by atoms with Gasteiger partial charge in [-0.1, -0.05) is 5.92 Å². The minimum Gasteiger partial charge on any atom is -0.396 e. The monoisotopic (exact) mass is 323 g/mol. The molecule has 0 aliphatic rings. The average molecular weight is 325 g/mol. The smallest absolute Gasteiger partial charge is 0.178 e. The van der Waals surface area contributed by atoms with Gasteiger partial charge in [0, 0.05) is 12.5 Å². The number of hydrogen-bond acceptors (Lipinski definition) is 4. The first kappa shape index (κ1) is 20.1. The molecule has 2 rings (SSSR count). The van der Waals surface area contributed by atoms with Crippen molar-refractivity contribution in [3.05, 3.63) is 24.2 Å². The summed E-state index contributed by atoms with van der Waals surface area (Å²) in [6, 6.07) is 1.78. The molecule has 4 N–H and O–H groups in total. The number of nitrogens with zero attached hydrogens (tertiary/aromatic N) is 3. The topological polar surface area (TPSA) is 82.2 Å². The van der Waals surface area contributed by atoms with Crippen molar-refractivity contribution in [1.29, 1.82) is 0 Å². The second-order valence-corrected chi connectivity index (χ2v) is 3.65. The van der Waals surface area contributed by atoms with Crippen LogP contribution in [0.25, 0.3) is 5.65 Å². The Hall–Kier alpha value is -1.19. The molecule has 0 unspecified atom stereocenters. The highest BCUT2D eigenvalue weighted by Crippen LogP contribution is 2.10. The van der Waals surface area contributed by atoms with Gasteiger partial charge >= 0.3 is 0 Å². The molecule has 2 heterocycles. The molecule has 0 radical (unpaired) electrons. The predicted octanol–water partition coefficient (Wildman–Crippen LogP) is 1.67. The van der Waals surface area contributed by atoms with Crippen LogP contribution in [0.3, 0.4) is 0 Å². The molecule has 0 fully saturated rings. The van der Waals surface area contributed by atoms with Gasteiger partial charge < -0.3 is 11.5 Å². The molecule has 0 amide bonds. The van der Waals surface area contributed by atoms with Gasteiger partial charge in [0.2, 0.25) is 0 Å². The Morgan fingerprint density at radius 1 is 1.37 bits per heavy atom. The molecule has 2 aromatic rings. The van der Waals surface area contributed by atoms with Gasteiger partial charge in [-0.2, -0.15) is 5.10 Å². The van der Waals surface area contributed by atoms with E-state index in [0.29, 0.717) is 17.8 Å². The van der Waals surface area contributed by atoms with Crippen molar-refractivity contribution in [3.8, 4) is 11.8 Å². The van der Waals surface area contributed by atoms with E-state index < -0.39 is 0 Å². The maximum absolute atomic E-state index is 5.75. The van der Waals surface area contributed by atoms with Gasteiger partial charge in [-0.15, -0.1) is 37.2 Å². The average Bonchev–Trinajstić information content (AvgIpc) is 2.63. The Labute approximate surface area is 130 Å². The first-order valence-corrected chi connectivity index (χ1v) is 5.01. The first-order valence-electron chi connectivity index (χ1n) is 5.01. The predicted molar refractivity (Wildman–Crippen MR) is 84.3 cm³/mol. The number of fused-ring (bicyclic) bond motifs is 1. The molecule has 0 saturated heterocycles. The molecule has 0 aliphatic heterocycles. The first-order chi connectivity index (χ1) is 7.68. The van der Waals surface area contributed by atoms with Crippen molar-refractivity contribution in [3.63, 3.8) is 0 Å². The van der Waals surface area contributed by atoms with E-state index in [1.54, 1.807) is 23.0 Å². The van der Waals surface area contributed by atoms with Crippen LogP contribution in [0.4, 0.5) is 5.69 Å². The molecule has 0 saturated carbocycles. The molecule has 0 aromatic carbocycles. The zero-order valence-corrected chi connectivity index (χ0v) is 12.7. The Bertz CT molecular complexity index is 570. The maximum Gasteiger partial charge on any atom is 0.178 e. The summed E-state index contributed by atoms with van der Waals surface area (Å²) in [6.45, 7) is 1.92. The van der Waals surface area contributed by atoms with Gasteiger partial charge in [0.1, 0.15) is 5.69 Å². The fourth-order valence-electron chi connectivity index (χ4n) is 1.30. The lowest BCUT2D eigenvalue weighted by Crippen LogP contribution is -2.12. The standard InChI is InChI=1S/C11H13N5.3ClH/c1-8(12)3-2-4-9-7-14-11-10(13)5-6-15-16(9)11;;;/h5-8H,3,12-13H2,1H3;3*1H/t8-;;;/m0.../s1. The van der Waals surface area contributed by atoms with Crippen LogP contribution in [0.2, 0.25) is 0 Å². The Kier molecular flexibility index (Phi) is 9.36. The van der Waals surface area contributed by atoms with Gasteiger partial charge in [0.05, 0.1) is 18.1 Å². The van der Waals surface area contributed by atoms with Gasteiger partial charge in [0.15, 0.2) is 5.65 Å². The zero-order chi connectivity index (χ0) is 11.5. The number of hydrogen-bond donors (Lipinski definition) is 2. The molecule has 19 heavy (non-hydrogen) atoms. The molecule has 0 spiro atoms. The quantitative estimate of drug-likeness (QED) is 0.782. The minimum absolute atomic E-state index is 0. The molecular weight excluding hydrogens is 309 g/mol. The Balaban J connectivity index is 0. The van der Waals surface area contributed by atoms with E-state index in [1.807, 2.05) is 6.92 Å². The fraction of sp³-hybridized carbons (Fsp3) is 0.273. The number of imidazole rings is 1. The van der Waals surface area contributed by atoms with Crippen LogP contribution in [-0.2, 0) is 0 Å². The highest BCUT2D eigenvalue weighted by Gasteiger charge is 2.03. The number of aromatic nitrogens is 3. The van der Waals surface area contributed by atoms with E-state index in [9.17, 15) is 0 Å². The van der Waals surface area contributed by atoms with Crippen molar-refractivity contribution >= 4 is 48.6 Å². The second-order valence-electron chi connectivity index (χ2n) is 3.65. The summed E-state index contributed by atoms with van der Waals surface area (Å²) in [4.78, 5) is 4.16. The maximum atomic E-state index is 5.75. The summed E-state index contributed by atoms with van der Waals surface area (Å²) >= 11 is 0. The van der Waals surface area contributed by atoms with Crippen LogP contribution in [0.1, 0.15) is 19.0 Å². The van der Waals surface area contributed by atoms with Gasteiger partial charge in [-0.25, -0.2) is 9.50 Å². The molecule has 0 bridgehead atoms. The number of halogens is 3. The van der Waals surface area contributed by atoms with Crippen LogP contribution in [0.15, 0.2) is 18.5 Å². The lowest BCUT2D eigenvalue weighted by Gasteiger charge is -1.96.